The van der Waals surface area contributed by atoms with Gasteiger partial charge in [-0.15, -0.1) is 11.3 Å². The Hall–Kier alpha value is -2.67. The van der Waals surface area contributed by atoms with Crippen LogP contribution in [0.2, 0.25) is 0 Å². The summed E-state index contributed by atoms with van der Waals surface area (Å²) in [4.78, 5) is 29.8. The number of aryl methyl sites for hydroxylation is 3. The zero-order valence-electron chi connectivity index (χ0n) is 19.9. The van der Waals surface area contributed by atoms with Crippen molar-refractivity contribution in [3.05, 3.63) is 46.1 Å². The second-order valence-electron chi connectivity index (χ2n) is 9.52. The fourth-order valence-electron chi connectivity index (χ4n) is 4.89. The van der Waals surface area contributed by atoms with Gasteiger partial charge in [-0.25, -0.2) is 14.8 Å². The van der Waals surface area contributed by atoms with E-state index in [-0.39, 0.29) is 6.03 Å². The van der Waals surface area contributed by atoms with Crippen LogP contribution < -0.4 is 10.2 Å². The van der Waals surface area contributed by atoms with E-state index in [4.69, 9.17) is 9.97 Å². The zero-order chi connectivity index (χ0) is 22.9. The molecule has 1 aromatic carbocycles. The lowest BCUT2D eigenvalue weighted by atomic mass is 9.89. The summed E-state index contributed by atoms with van der Waals surface area (Å²) in [6.07, 6.45) is 5.47. The number of hydrogen-bond donors (Lipinski definition) is 1. The number of thiophene rings is 1. The number of anilines is 2. The van der Waals surface area contributed by atoms with Gasteiger partial charge in [0.05, 0.1) is 5.39 Å². The van der Waals surface area contributed by atoms with Crippen LogP contribution in [0.4, 0.5) is 16.3 Å². The summed E-state index contributed by atoms with van der Waals surface area (Å²) in [5, 5.41) is 4.31. The molecule has 0 saturated carbocycles. The number of carbonyl (C=O) groups excluding carboxylic acids is 1. The second kappa shape index (κ2) is 9.29. The summed E-state index contributed by atoms with van der Waals surface area (Å²) in [5.74, 6) is 2.79. The van der Waals surface area contributed by atoms with E-state index in [0.717, 1.165) is 66.9 Å². The van der Waals surface area contributed by atoms with Crippen molar-refractivity contribution in [3.63, 3.8) is 0 Å². The average Bonchev–Trinajstić information content (AvgIpc) is 3.17. The highest BCUT2D eigenvalue weighted by atomic mass is 32.1. The molecule has 2 aliphatic rings. The van der Waals surface area contributed by atoms with Crippen molar-refractivity contribution in [2.45, 2.75) is 52.9 Å². The average molecular weight is 464 g/mol. The topological polar surface area (TPSA) is 61.4 Å². The van der Waals surface area contributed by atoms with Gasteiger partial charge in [0.25, 0.3) is 0 Å². The van der Waals surface area contributed by atoms with Crippen molar-refractivity contribution in [3.8, 4) is 0 Å². The molecule has 7 heteroatoms. The molecule has 5 rings (SSSR count). The highest BCUT2D eigenvalue weighted by Gasteiger charge is 2.28. The molecule has 0 unspecified atom stereocenters. The number of piperazine rings is 1. The third-order valence-electron chi connectivity index (χ3n) is 6.83. The molecule has 2 aromatic heterocycles. The van der Waals surface area contributed by atoms with Crippen molar-refractivity contribution >= 4 is 39.1 Å². The standard InChI is InChI=1S/C26H33N5OS/c1-4-5-22-28-24(23-20-11-8-18(3)16-21(20)33-25(23)29-22)30-12-14-31(15-13-30)26(32)27-19-9-6-17(2)7-10-19/h6-7,9-10,18H,4-5,8,11-16H2,1-3H3,(H,27,32)/t18-/m1/s1. The predicted molar refractivity (Wildman–Crippen MR) is 137 cm³/mol. The second-order valence-corrected chi connectivity index (χ2v) is 10.6. The molecule has 2 amide bonds. The monoisotopic (exact) mass is 463 g/mol. The first-order valence-corrected chi connectivity index (χ1v) is 13.0. The van der Waals surface area contributed by atoms with Crippen LogP contribution in [0.3, 0.4) is 0 Å². The van der Waals surface area contributed by atoms with E-state index >= 15 is 0 Å². The van der Waals surface area contributed by atoms with Gasteiger partial charge in [0, 0.05) is 43.2 Å². The molecule has 174 valence electrons. The van der Waals surface area contributed by atoms with Crippen LogP contribution >= 0.6 is 11.3 Å². The highest BCUT2D eigenvalue weighted by Crippen LogP contribution is 2.41. The van der Waals surface area contributed by atoms with Gasteiger partial charge in [-0.1, -0.05) is 31.5 Å². The van der Waals surface area contributed by atoms with E-state index in [2.05, 4.69) is 24.1 Å². The molecule has 0 bridgehead atoms. The Kier molecular flexibility index (Phi) is 6.23. The molecule has 3 heterocycles. The lowest BCUT2D eigenvalue weighted by Crippen LogP contribution is -2.50. The minimum absolute atomic E-state index is 0.0279. The molecule has 0 spiro atoms. The fraction of sp³-hybridized carbons (Fsp3) is 0.500. The maximum Gasteiger partial charge on any atom is 0.321 e. The van der Waals surface area contributed by atoms with Gasteiger partial charge in [-0.3, -0.25) is 0 Å². The van der Waals surface area contributed by atoms with Gasteiger partial charge in [0.2, 0.25) is 0 Å². The quantitative estimate of drug-likeness (QED) is 0.560. The maximum atomic E-state index is 12.8. The highest BCUT2D eigenvalue weighted by molar-refractivity contribution is 7.19. The molecule has 1 fully saturated rings. The van der Waals surface area contributed by atoms with Crippen LogP contribution in [0.15, 0.2) is 24.3 Å². The number of amides is 2. The number of urea groups is 1. The number of rotatable bonds is 4. The van der Waals surface area contributed by atoms with E-state index in [1.54, 1.807) is 0 Å². The lowest BCUT2D eigenvalue weighted by Gasteiger charge is -2.36. The number of carbonyl (C=O) groups is 1. The molecule has 0 radical (unpaired) electrons. The Morgan fingerprint density at radius 2 is 1.91 bits per heavy atom. The first-order valence-electron chi connectivity index (χ1n) is 12.2. The number of fused-ring (bicyclic) bond motifs is 3. The van der Waals surface area contributed by atoms with E-state index < -0.39 is 0 Å². The van der Waals surface area contributed by atoms with Crippen molar-refractivity contribution in [2.24, 2.45) is 5.92 Å². The molecule has 33 heavy (non-hydrogen) atoms. The Balaban J connectivity index is 1.36. The van der Waals surface area contributed by atoms with Crippen molar-refractivity contribution in [1.82, 2.24) is 14.9 Å². The molecule has 1 aliphatic heterocycles. The fourth-order valence-corrected chi connectivity index (χ4v) is 6.29. The van der Waals surface area contributed by atoms with Crippen molar-refractivity contribution in [1.29, 1.82) is 0 Å². The van der Waals surface area contributed by atoms with Crippen molar-refractivity contribution < 1.29 is 4.79 Å². The summed E-state index contributed by atoms with van der Waals surface area (Å²) in [6.45, 7) is 9.54. The van der Waals surface area contributed by atoms with Gasteiger partial charge in [-0.05, 0) is 56.2 Å². The molecular weight excluding hydrogens is 430 g/mol. The molecule has 1 N–H and O–H groups in total. The summed E-state index contributed by atoms with van der Waals surface area (Å²) in [5.41, 5.74) is 3.50. The first-order chi connectivity index (χ1) is 16.0. The molecule has 1 saturated heterocycles. The summed E-state index contributed by atoms with van der Waals surface area (Å²) >= 11 is 1.88. The third-order valence-corrected chi connectivity index (χ3v) is 7.97. The molecule has 1 atom stereocenters. The first kappa shape index (κ1) is 22.1. The van der Waals surface area contributed by atoms with Crippen LogP contribution in [-0.4, -0.2) is 47.1 Å². The van der Waals surface area contributed by atoms with Gasteiger partial charge in [0.1, 0.15) is 16.5 Å². The van der Waals surface area contributed by atoms with E-state index in [1.165, 1.54) is 27.8 Å². The third kappa shape index (κ3) is 4.56. The summed E-state index contributed by atoms with van der Waals surface area (Å²) in [6, 6.07) is 7.92. The predicted octanol–water partition coefficient (Wildman–Crippen LogP) is 5.43. The zero-order valence-corrected chi connectivity index (χ0v) is 20.7. The Bertz CT molecular complexity index is 1150. The van der Waals surface area contributed by atoms with E-state index in [0.29, 0.717) is 13.1 Å². The molecule has 6 nitrogen and oxygen atoms in total. The number of benzene rings is 1. The summed E-state index contributed by atoms with van der Waals surface area (Å²) < 4.78 is 0. The SMILES string of the molecule is CCCc1nc(N2CCN(C(=O)Nc3ccc(C)cc3)CC2)c2c3c(sc2n1)C[C@H](C)CC3. The molecule has 1 aliphatic carbocycles. The van der Waals surface area contributed by atoms with Crippen molar-refractivity contribution in [2.75, 3.05) is 36.4 Å². The minimum Gasteiger partial charge on any atom is -0.352 e. The Morgan fingerprint density at radius 3 is 2.64 bits per heavy atom. The smallest absolute Gasteiger partial charge is 0.321 e. The maximum absolute atomic E-state index is 12.8. The Labute approximate surface area is 200 Å². The summed E-state index contributed by atoms with van der Waals surface area (Å²) in [7, 11) is 0. The van der Waals surface area contributed by atoms with Gasteiger partial charge >= 0.3 is 6.03 Å². The van der Waals surface area contributed by atoms with E-state index in [1.807, 2.05) is 47.4 Å². The molecular formula is C26H33N5OS. The molecule has 3 aromatic rings. The van der Waals surface area contributed by atoms with Gasteiger partial charge in [0.15, 0.2) is 0 Å². The van der Waals surface area contributed by atoms with Gasteiger partial charge < -0.3 is 15.1 Å². The minimum atomic E-state index is -0.0279. The number of hydrogen-bond acceptors (Lipinski definition) is 5. The number of nitrogens with zero attached hydrogens (tertiary/aromatic N) is 4. The van der Waals surface area contributed by atoms with Crippen LogP contribution in [-0.2, 0) is 19.3 Å². The largest absolute Gasteiger partial charge is 0.352 e. The van der Waals surface area contributed by atoms with Crippen LogP contribution in [0.5, 0.6) is 0 Å². The van der Waals surface area contributed by atoms with E-state index in [9.17, 15) is 4.79 Å². The number of nitrogens with one attached hydrogen (secondary N) is 1. The van der Waals surface area contributed by atoms with Crippen LogP contribution in [0, 0.1) is 12.8 Å². The lowest BCUT2D eigenvalue weighted by molar-refractivity contribution is 0.208. The van der Waals surface area contributed by atoms with Crippen LogP contribution in [0.25, 0.3) is 10.2 Å². The Morgan fingerprint density at radius 1 is 1.15 bits per heavy atom. The van der Waals surface area contributed by atoms with Crippen LogP contribution in [0.1, 0.15) is 48.5 Å². The van der Waals surface area contributed by atoms with Gasteiger partial charge in [-0.2, -0.15) is 0 Å². The number of aromatic nitrogens is 2. The normalized spacial score (nSPS) is 18.5.